The van der Waals surface area contributed by atoms with Gasteiger partial charge in [-0.05, 0) is 41.8 Å². The van der Waals surface area contributed by atoms with Gasteiger partial charge in [0, 0.05) is 30.2 Å². The van der Waals surface area contributed by atoms with Crippen LogP contribution in [0.4, 0.5) is 38.0 Å². The molecule has 1 amide bonds. The second-order valence-corrected chi connectivity index (χ2v) is 9.84. The quantitative estimate of drug-likeness (QED) is 0.297. The summed E-state index contributed by atoms with van der Waals surface area (Å²) in [5.74, 6) is -2.17. The standard InChI is InChI=1S/C23H14ClF6N5O2S/c24-14-5-11-9-35(20(37)23(28,29)30)4-2-10(11)6-15(14)33-21-32-8-13(22(25,26)27)18(34-21)17-7-12-16(38-17)1-3-31-19(12)36/h1,3,5-8H,2,4,9H2,(H,31,36)(H,32,33,34). The van der Waals surface area contributed by atoms with E-state index in [0.717, 1.165) is 11.3 Å². The van der Waals surface area contributed by atoms with Crippen molar-refractivity contribution in [3.63, 3.8) is 0 Å². The van der Waals surface area contributed by atoms with E-state index in [1.165, 1.54) is 24.4 Å². The topological polar surface area (TPSA) is 91.0 Å². The molecule has 2 N–H and O–H groups in total. The maximum absolute atomic E-state index is 13.8. The number of nitrogens with zero attached hydrogens (tertiary/aromatic N) is 3. The zero-order valence-electron chi connectivity index (χ0n) is 18.8. The third kappa shape index (κ3) is 4.92. The Hall–Kier alpha value is -3.65. The molecule has 198 valence electrons. The number of fused-ring (bicyclic) bond motifs is 2. The molecule has 0 unspecified atom stereocenters. The summed E-state index contributed by atoms with van der Waals surface area (Å²) in [6, 6.07) is 5.81. The summed E-state index contributed by atoms with van der Waals surface area (Å²) in [7, 11) is 0. The smallest absolute Gasteiger partial charge is 0.330 e. The molecular weight excluding hydrogens is 560 g/mol. The van der Waals surface area contributed by atoms with E-state index in [1.807, 2.05) is 0 Å². The average Bonchev–Trinajstić information content (AvgIpc) is 3.28. The van der Waals surface area contributed by atoms with Crippen LogP contribution in [0.2, 0.25) is 5.02 Å². The average molecular weight is 574 g/mol. The first kappa shape index (κ1) is 26.0. The number of alkyl halides is 6. The van der Waals surface area contributed by atoms with Crippen molar-refractivity contribution >= 4 is 50.6 Å². The number of pyridine rings is 1. The van der Waals surface area contributed by atoms with Crippen molar-refractivity contribution in [1.82, 2.24) is 19.9 Å². The summed E-state index contributed by atoms with van der Waals surface area (Å²) in [6.45, 7) is -0.460. The van der Waals surface area contributed by atoms with Crippen molar-refractivity contribution in [2.75, 3.05) is 11.9 Å². The molecule has 0 spiro atoms. The summed E-state index contributed by atoms with van der Waals surface area (Å²) in [5, 5.41) is 3.03. The number of hydrogen-bond acceptors (Lipinski definition) is 6. The maximum Gasteiger partial charge on any atom is 0.471 e. The van der Waals surface area contributed by atoms with Crippen LogP contribution in [0.3, 0.4) is 0 Å². The van der Waals surface area contributed by atoms with Gasteiger partial charge in [0.2, 0.25) is 5.95 Å². The number of rotatable bonds is 3. The molecule has 15 heteroatoms. The lowest BCUT2D eigenvalue weighted by Gasteiger charge is -2.30. The first-order chi connectivity index (χ1) is 17.8. The molecule has 1 aliphatic rings. The molecule has 0 bridgehead atoms. The molecule has 1 aromatic carbocycles. The highest BCUT2D eigenvalue weighted by Crippen LogP contribution is 2.40. The van der Waals surface area contributed by atoms with E-state index in [9.17, 15) is 35.9 Å². The van der Waals surface area contributed by atoms with Gasteiger partial charge in [0.15, 0.2) is 0 Å². The van der Waals surface area contributed by atoms with Crippen molar-refractivity contribution in [1.29, 1.82) is 0 Å². The minimum absolute atomic E-state index is 0.0449. The largest absolute Gasteiger partial charge is 0.471 e. The molecule has 1 aliphatic heterocycles. The Kier molecular flexibility index (Phi) is 6.34. The molecule has 0 aliphatic carbocycles. The fourth-order valence-corrected chi connectivity index (χ4v) is 5.38. The van der Waals surface area contributed by atoms with Crippen LogP contribution in [0.15, 0.2) is 41.5 Å². The van der Waals surface area contributed by atoms with Gasteiger partial charge in [-0.25, -0.2) is 9.97 Å². The molecule has 0 atom stereocenters. The number of carbonyl (C=O) groups is 1. The van der Waals surface area contributed by atoms with Crippen molar-refractivity contribution in [3.05, 3.63) is 68.7 Å². The highest BCUT2D eigenvalue weighted by Gasteiger charge is 2.43. The summed E-state index contributed by atoms with van der Waals surface area (Å²) < 4.78 is 80.2. The number of nitrogens with one attached hydrogen (secondary N) is 2. The highest BCUT2D eigenvalue weighted by molar-refractivity contribution is 7.22. The van der Waals surface area contributed by atoms with E-state index >= 15 is 0 Å². The van der Waals surface area contributed by atoms with Gasteiger partial charge in [-0.15, -0.1) is 11.3 Å². The fourth-order valence-electron chi connectivity index (χ4n) is 4.08. The molecule has 0 fully saturated rings. The number of amides is 1. The SMILES string of the molecule is O=C(N1CCc2cc(Nc3ncc(C(F)(F)F)c(-c4cc5c(=O)[nH]ccc5s4)n3)c(Cl)cc2C1)C(F)(F)F. The monoisotopic (exact) mass is 573 g/mol. The van der Waals surface area contributed by atoms with E-state index in [0.29, 0.717) is 26.9 Å². The molecular formula is C23H14ClF6N5O2S. The Balaban J connectivity index is 1.49. The second-order valence-electron chi connectivity index (χ2n) is 8.35. The molecule has 7 nitrogen and oxygen atoms in total. The predicted octanol–water partition coefficient (Wildman–Crippen LogP) is 5.91. The molecule has 5 rings (SSSR count). The Labute approximate surface area is 218 Å². The zero-order chi connectivity index (χ0) is 27.4. The van der Waals surface area contributed by atoms with Gasteiger partial charge in [0.25, 0.3) is 5.56 Å². The minimum Gasteiger partial charge on any atom is -0.330 e. The maximum atomic E-state index is 13.8. The van der Waals surface area contributed by atoms with Crippen LogP contribution in [0.5, 0.6) is 0 Å². The van der Waals surface area contributed by atoms with Crippen LogP contribution in [0.1, 0.15) is 16.7 Å². The van der Waals surface area contributed by atoms with Gasteiger partial charge in [0.1, 0.15) is 5.56 Å². The van der Waals surface area contributed by atoms with Crippen LogP contribution in [-0.2, 0) is 23.9 Å². The summed E-state index contributed by atoms with van der Waals surface area (Å²) in [5.41, 5.74) is -0.752. The lowest BCUT2D eigenvalue weighted by molar-refractivity contribution is -0.186. The first-order valence-electron chi connectivity index (χ1n) is 10.8. The lowest BCUT2D eigenvalue weighted by Crippen LogP contribution is -2.43. The van der Waals surface area contributed by atoms with Crippen LogP contribution < -0.4 is 10.9 Å². The van der Waals surface area contributed by atoms with E-state index in [-0.39, 0.29) is 46.4 Å². The third-order valence-electron chi connectivity index (χ3n) is 5.86. The van der Waals surface area contributed by atoms with Gasteiger partial charge >= 0.3 is 18.3 Å². The molecule has 4 heterocycles. The van der Waals surface area contributed by atoms with Gasteiger partial charge in [-0.1, -0.05) is 11.6 Å². The van der Waals surface area contributed by atoms with Gasteiger partial charge in [0.05, 0.1) is 26.7 Å². The summed E-state index contributed by atoms with van der Waals surface area (Å²) in [4.78, 5) is 34.7. The number of carbonyl (C=O) groups excluding carboxylic acids is 1. The Bertz CT molecular complexity index is 1630. The van der Waals surface area contributed by atoms with E-state index in [1.54, 1.807) is 6.07 Å². The molecule has 0 saturated heterocycles. The van der Waals surface area contributed by atoms with Gasteiger partial charge in [-0.2, -0.15) is 26.3 Å². The number of anilines is 2. The second kappa shape index (κ2) is 9.27. The van der Waals surface area contributed by atoms with E-state index in [2.05, 4.69) is 20.3 Å². The van der Waals surface area contributed by atoms with E-state index < -0.39 is 35.1 Å². The Morgan fingerprint density at radius 1 is 1.13 bits per heavy atom. The minimum atomic E-state index is -5.00. The summed E-state index contributed by atoms with van der Waals surface area (Å²) >= 11 is 7.26. The number of H-pyrrole nitrogens is 1. The molecule has 3 aromatic heterocycles. The number of halogens is 7. The molecule has 4 aromatic rings. The van der Waals surface area contributed by atoms with Crippen molar-refractivity contribution in [3.8, 4) is 10.6 Å². The molecule has 0 radical (unpaired) electrons. The number of hydrogen-bond donors (Lipinski definition) is 2. The number of aromatic nitrogens is 3. The fraction of sp³-hybridized carbons (Fsp3) is 0.217. The third-order valence-corrected chi connectivity index (χ3v) is 7.28. The van der Waals surface area contributed by atoms with Crippen LogP contribution in [0.25, 0.3) is 20.7 Å². The Morgan fingerprint density at radius 3 is 2.58 bits per heavy atom. The number of aromatic amines is 1. The Morgan fingerprint density at radius 2 is 1.89 bits per heavy atom. The van der Waals surface area contributed by atoms with Gasteiger partial charge in [-0.3, -0.25) is 9.59 Å². The number of thiophene rings is 1. The van der Waals surface area contributed by atoms with E-state index in [4.69, 9.17) is 11.6 Å². The highest BCUT2D eigenvalue weighted by atomic mass is 35.5. The molecule has 0 saturated carbocycles. The first-order valence-corrected chi connectivity index (χ1v) is 12.0. The van der Waals surface area contributed by atoms with Crippen molar-refractivity contribution in [2.24, 2.45) is 0 Å². The van der Waals surface area contributed by atoms with Crippen LogP contribution in [0, 0.1) is 0 Å². The van der Waals surface area contributed by atoms with Crippen LogP contribution >= 0.6 is 22.9 Å². The molecule has 38 heavy (non-hydrogen) atoms. The normalized spacial score (nSPS) is 14.0. The van der Waals surface area contributed by atoms with Crippen molar-refractivity contribution < 1.29 is 31.1 Å². The van der Waals surface area contributed by atoms with Gasteiger partial charge < -0.3 is 15.2 Å². The predicted molar refractivity (Wildman–Crippen MR) is 128 cm³/mol. The lowest BCUT2D eigenvalue weighted by atomic mass is 9.99. The summed E-state index contributed by atoms with van der Waals surface area (Å²) in [6.07, 6.45) is -7.66. The number of benzene rings is 1. The van der Waals surface area contributed by atoms with Crippen molar-refractivity contribution in [2.45, 2.75) is 25.3 Å². The van der Waals surface area contributed by atoms with Crippen LogP contribution in [-0.4, -0.2) is 38.5 Å². The zero-order valence-corrected chi connectivity index (χ0v) is 20.4.